The number of ether oxygens (including phenoxy) is 1. The fraction of sp³-hybridized carbons (Fsp3) is 0.636. The lowest BCUT2D eigenvalue weighted by Crippen LogP contribution is -2.14. The Morgan fingerprint density at radius 2 is 2.14 bits per heavy atom. The van der Waals surface area contributed by atoms with E-state index >= 15 is 0 Å². The van der Waals surface area contributed by atoms with Gasteiger partial charge in [0.15, 0.2) is 0 Å². The molecule has 0 aliphatic heterocycles. The van der Waals surface area contributed by atoms with Crippen molar-refractivity contribution in [1.29, 1.82) is 0 Å². The maximum absolute atomic E-state index is 9.45. The Balaban J connectivity index is 2.30. The van der Waals surface area contributed by atoms with Crippen LogP contribution in [0.25, 0.3) is 0 Å². The molecule has 0 spiro atoms. The molecular weight excluding hydrogens is 196 g/mol. The summed E-state index contributed by atoms with van der Waals surface area (Å²) in [6.45, 7) is 2.60. The Morgan fingerprint density at radius 1 is 1.43 bits per heavy atom. The third kappa shape index (κ3) is 3.78. The quantitative estimate of drug-likeness (QED) is 0.787. The van der Waals surface area contributed by atoms with Crippen molar-refractivity contribution in [1.82, 2.24) is 0 Å². The number of aliphatic hydroxyl groups is 1. The van der Waals surface area contributed by atoms with Crippen molar-refractivity contribution in [3.8, 4) is 0 Å². The molecule has 1 unspecified atom stereocenters. The van der Waals surface area contributed by atoms with Gasteiger partial charge in [0, 0.05) is 16.9 Å². The molecule has 1 aromatic rings. The molecule has 0 saturated heterocycles. The molecule has 1 heterocycles. The first kappa shape index (κ1) is 11.7. The van der Waals surface area contributed by atoms with E-state index in [2.05, 4.69) is 19.1 Å². The molecule has 1 atom stereocenters. The number of aliphatic hydroxyl groups excluding tert-OH is 1. The monoisotopic (exact) mass is 214 g/mol. The van der Waals surface area contributed by atoms with Crippen LogP contribution in [-0.4, -0.2) is 24.9 Å². The van der Waals surface area contributed by atoms with Gasteiger partial charge in [0.1, 0.15) is 0 Å². The Morgan fingerprint density at radius 3 is 2.71 bits per heavy atom. The summed E-state index contributed by atoms with van der Waals surface area (Å²) in [6, 6.07) is 4.33. The predicted octanol–water partition coefficient (Wildman–Crippen LogP) is 2.25. The van der Waals surface area contributed by atoms with Crippen LogP contribution >= 0.6 is 11.3 Å². The molecule has 2 nitrogen and oxygen atoms in total. The zero-order valence-electron chi connectivity index (χ0n) is 8.82. The first-order valence-electron chi connectivity index (χ1n) is 5.00. The summed E-state index contributed by atoms with van der Waals surface area (Å²) < 4.78 is 4.87. The number of rotatable bonds is 6. The Bertz CT molecular complexity index is 258. The second-order valence-electron chi connectivity index (χ2n) is 3.37. The highest BCUT2D eigenvalue weighted by Gasteiger charge is 2.05. The molecule has 0 amide bonds. The lowest BCUT2D eigenvalue weighted by molar-refractivity contribution is 0.0596. The van der Waals surface area contributed by atoms with E-state index in [-0.39, 0.29) is 6.10 Å². The van der Waals surface area contributed by atoms with Crippen molar-refractivity contribution >= 4 is 11.3 Å². The molecule has 1 N–H and O–H groups in total. The summed E-state index contributed by atoms with van der Waals surface area (Å²) in [5, 5.41) is 9.45. The van der Waals surface area contributed by atoms with Gasteiger partial charge < -0.3 is 9.84 Å². The zero-order valence-corrected chi connectivity index (χ0v) is 9.64. The van der Waals surface area contributed by atoms with Gasteiger partial charge in [-0.2, -0.15) is 0 Å². The van der Waals surface area contributed by atoms with Gasteiger partial charge in [0.05, 0.1) is 12.7 Å². The first-order chi connectivity index (χ1) is 6.76. The maximum atomic E-state index is 9.45. The molecule has 0 aliphatic carbocycles. The summed E-state index contributed by atoms with van der Waals surface area (Å²) in [5.74, 6) is 0. The molecule has 1 rings (SSSR count). The van der Waals surface area contributed by atoms with Crippen LogP contribution in [0.15, 0.2) is 12.1 Å². The highest BCUT2D eigenvalue weighted by molar-refractivity contribution is 7.11. The smallest absolute Gasteiger partial charge is 0.0777 e. The minimum absolute atomic E-state index is 0.327. The summed E-state index contributed by atoms with van der Waals surface area (Å²) in [7, 11) is 1.61. The molecule has 1 aromatic heterocycles. The highest BCUT2D eigenvalue weighted by atomic mass is 32.1. The van der Waals surface area contributed by atoms with E-state index < -0.39 is 0 Å². The second kappa shape index (κ2) is 6.17. The maximum Gasteiger partial charge on any atom is 0.0777 e. The van der Waals surface area contributed by atoms with Crippen molar-refractivity contribution in [2.45, 2.75) is 32.3 Å². The Hall–Kier alpha value is -0.380. The van der Waals surface area contributed by atoms with E-state index in [0.29, 0.717) is 6.61 Å². The van der Waals surface area contributed by atoms with Crippen LogP contribution in [0.5, 0.6) is 0 Å². The summed E-state index contributed by atoms with van der Waals surface area (Å²) in [6.07, 6.45) is 2.52. The van der Waals surface area contributed by atoms with Crippen LogP contribution in [-0.2, 0) is 17.6 Å². The summed E-state index contributed by atoms with van der Waals surface area (Å²) >= 11 is 1.84. The molecule has 0 aromatic carbocycles. The van der Waals surface area contributed by atoms with E-state index in [1.54, 1.807) is 7.11 Å². The number of thiophene rings is 1. The molecule has 80 valence electrons. The van der Waals surface area contributed by atoms with Crippen molar-refractivity contribution in [2.24, 2.45) is 0 Å². The van der Waals surface area contributed by atoms with Gasteiger partial charge in [-0.1, -0.05) is 6.92 Å². The lowest BCUT2D eigenvalue weighted by atomic mass is 10.2. The van der Waals surface area contributed by atoms with Gasteiger partial charge in [0.2, 0.25) is 0 Å². The molecule has 0 fully saturated rings. The van der Waals surface area contributed by atoms with Crippen molar-refractivity contribution in [3.05, 3.63) is 21.9 Å². The van der Waals surface area contributed by atoms with E-state index in [1.807, 2.05) is 11.3 Å². The topological polar surface area (TPSA) is 29.5 Å². The fourth-order valence-corrected chi connectivity index (χ4v) is 2.30. The van der Waals surface area contributed by atoms with E-state index in [9.17, 15) is 5.11 Å². The van der Waals surface area contributed by atoms with Crippen LogP contribution in [0.1, 0.15) is 23.1 Å². The highest BCUT2D eigenvalue weighted by Crippen LogP contribution is 2.18. The standard InChI is InChI=1S/C11H18O2S/c1-3-10-6-7-11(14-10)5-4-9(12)8-13-2/h6-7,9,12H,3-5,8H2,1-2H3. The normalized spacial score (nSPS) is 13.1. The number of hydrogen-bond acceptors (Lipinski definition) is 3. The van der Waals surface area contributed by atoms with Crippen LogP contribution in [0.3, 0.4) is 0 Å². The molecule has 0 radical (unpaired) electrons. The minimum atomic E-state index is -0.327. The largest absolute Gasteiger partial charge is 0.391 e. The molecular formula is C11H18O2S. The average Bonchev–Trinajstić information content (AvgIpc) is 2.63. The van der Waals surface area contributed by atoms with Gasteiger partial charge in [0.25, 0.3) is 0 Å². The average molecular weight is 214 g/mol. The van der Waals surface area contributed by atoms with Crippen molar-refractivity contribution < 1.29 is 9.84 Å². The molecule has 0 bridgehead atoms. The Kier molecular flexibility index (Phi) is 5.15. The van der Waals surface area contributed by atoms with Gasteiger partial charge in [-0.25, -0.2) is 0 Å². The van der Waals surface area contributed by atoms with Gasteiger partial charge in [-0.05, 0) is 31.4 Å². The first-order valence-corrected chi connectivity index (χ1v) is 5.82. The molecule has 14 heavy (non-hydrogen) atoms. The van der Waals surface area contributed by atoms with Crippen molar-refractivity contribution in [2.75, 3.05) is 13.7 Å². The van der Waals surface area contributed by atoms with E-state index in [1.165, 1.54) is 9.75 Å². The second-order valence-corrected chi connectivity index (χ2v) is 4.62. The van der Waals surface area contributed by atoms with Gasteiger partial charge in [-0.3, -0.25) is 0 Å². The van der Waals surface area contributed by atoms with Gasteiger partial charge in [-0.15, -0.1) is 11.3 Å². The molecule has 3 heteroatoms. The third-order valence-corrected chi connectivity index (χ3v) is 3.44. The SMILES string of the molecule is CCc1ccc(CCC(O)COC)s1. The minimum Gasteiger partial charge on any atom is -0.391 e. The molecule has 0 aliphatic rings. The predicted molar refractivity (Wildman–Crippen MR) is 59.9 cm³/mol. The lowest BCUT2D eigenvalue weighted by Gasteiger charge is -2.07. The van der Waals surface area contributed by atoms with Crippen LogP contribution in [0, 0.1) is 0 Å². The Labute approximate surface area is 89.5 Å². The van der Waals surface area contributed by atoms with Gasteiger partial charge >= 0.3 is 0 Å². The van der Waals surface area contributed by atoms with E-state index in [0.717, 1.165) is 19.3 Å². The number of aryl methyl sites for hydroxylation is 2. The number of hydrogen-bond donors (Lipinski definition) is 1. The molecule has 0 saturated carbocycles. The van der Waals surface area contributed by atoms with Crippen LogP contribution in [0.2, 0.25) is 0 Å². The zero-order chi connectivity index (χ0) is 10.4. The summed E-state index contributed by atoms with van der Waals surface area (Å²) in [5.41, 5.74) is 0. The summed E-state index contributed by atoms with van der Waals surface area (Å²) in [4.78, 5) is 2.78. The fourth-order valence-electron chi connectivity index (χ4n) is 1.33. The number of methoxy groups -OCH3 is 1. The third-order valence-electron chi connectivity index (χ3n) is 2.15. The van der Waals surface area contributed by atoms with Crippen LogP contribution in [0.4, 0.5) is 0 Å². The van der Waals surface area contributed by atoms with Crippen LogP contribution < -0.4 is 0 Å². The van der Waals surface area contributed by atoms with Crippen molar-refractivity contribution in [3.63, 3.8) is 0 Å². The van der Waals surface area contributed by atoms with E-state index in [4.69, 9.17) is 4.74 Å².